The Kier molecular flexibility index (Phi) is 5.85. The predicted molar refractivity (Wildman–Crippen MR) is 89.8 cm³/mol. The topological polar surface area (TPSA) is 87.6 Å². The molecule has 0 spiro atoms. The predicted octanol–water partition coefficient (Wildman–Crippen LogP) is 1.44. The van der Waals surface area contributed by atoms with Crippen molar-refractivity contribution in [3.63, 3.8) is 0 Å². The van der Waals surface area contributed by atoms with Crippen LogP contribution in [0.3, 0.4) is 0 Å². The number of aromatic nitrogens is 2. The third-order valence-corrected chi connectivity index (χ3v) is 4.76. The number of hydrogen-bond donors (Lipinski definition) is 2. The Morgan fingerprint density at radius 2 is 2.12 bits per heavy atom. The molecule has 24 heavy (non-hydrogen) atoms. The van der Waals surface area contributed by atoms with Crippen LogP contribution in [-0.4, -0.2) is 58.2 Å². The highest BCUT2D eigenvalue weighted by Crippen LogP contribution is 2.27. The summed E-state index contributed by atoms with van der Waals surface area (Å²) < 4.78 is 5.27. The summed E-state index contributed by atoms with van der Waals surface area (Å²) in [7, 11) is 0. The second-order valence-corrected chi connectivity index (χ2v) is 6.56. The van der Waals surface area contributed by atoms with Gasteiger partial charge in [0.15, 0.2) is 0 Å². The molecule has 1 unspecified atom stereocenters. The highest BCUT2D eigenvalue weighted by atomic mass is 16.5. The van der Waals surface area contributed by atoms with Crippen molar-refractivity contribution >= 4 is 11.7 Å². The monoisotopic (exact) mass is 334 g/mol. The number of ether oxygens (including phenoxy) is 1. The van der Waals surface area contributed by atoms with E-state index in [2.05, 4.69) is 15.3 Å². The van der Waals surface area contributed by atoms with Gasteiger partial charge < -0.3 is 20.1 Å². The molecule has 1 aromatic rings. The molecule has 1 saturated carbocycles. The van der Waals surface area contributed by atoms with Gasteiger partial charge in [-0.05, 0) is 19.3 Å². The van der Waals surface area contributed by atoms with Crippen molar-refractivity contribution < 1.29 is 14.6 Å². The van der Waals surface area contributed by atoms with Gasteiger partial charge in [0, 0.05) is 25.0 Å². The number of nitrogens with zero attached hydrogens (tertiary/aromatic N) is 3. The van der Waals surface area contributed by atoms with Crippen LogP contribution in [0.15, 0.2) is 12.4 Å². The summed E-state index contributed by atoms with van der Waals surface area (Å²) in [6.45, 7) is 1.67. The van der Waals surface area contributed by atoms with Crippen molar-refractivity contribution in [2.45, 2.75) is 44.6 Å². The SMILES string of the molecule is O=C(C1CCCCC1)N1CCC(Nc2cncc(OCCO)n2)C1. The van der Waals surface area contributed by atoms with E-state index in [1.54, 1.807) is 6.20 Å². The molecule has 3 rings (SSSR count). The molecule has 1 aliphatic heterocycles. The summed E-state index contributed by atoms with van der Waals surface area (Å²) in [5, 5.41) is 12.1. The van der Waals surface area contributed by atoms with Crippen LogP contribution in [0.5, 0.6) is 5.88 Å². The number of nitrogens with one attached hydrogen (secondary N) is 1. The van der Waals surface area contributed by atoms with E-state index in [0.29, 0.717) is 17.6 Å². The third-order valence-electron chi connectivity index (χ3n) is 4.76. The largest absolute Gasteiger partial charge is 0.474 e. The summed E-state index contributed by atoms with van der Waals surface area (Å²) in [6.07, 6.45) is 9.81. The Balaban J connectivity index is 1.51. The Morgan fingerprint density at radius 3 is 2.92 bits per heavy atom. The second kappa shape index (κ2) is 8.28. The first kappa shape index (κ1) is 17.0. The van der Waals surface area contributed by atoms with E-state index >= 15 is 0 Å². The van der Waals surface area contributed by atoms with Crippen molar-refractivity contribution in [1.82, 2.24) is 14.9 Å². The zero-order chi connectivity index (χ0) is 16.8. The molecule has 1 saturated heterocycles. The molecule has 2 fully saturated rings. The van der Waals surface area contributed by atoms with E-state index in [0.717, 1.165) is 32.4 Å². The quantitative estimate of drug-likeness (QED) is 0.818. The van der Waals surface area contributed by atoms with E-state index in [1.807, 2.05) is 4.90 Å². The standard InChI is InChI=1S/C17H26N4O3/c22-8-9-24-16-11-18-10-15(20-16)19-14-6-7-21(12-14)17(23)13-4-2-1-3-5-13/h10-11,13-14,22H,1-9,12H2,(H,19,20). The lowest BCUT2D eigenvalue weighted by Gasteiger charge is -2.26. The molecule has 1 aliphatic carbocycles. The average Bonchev–Trinajstić information content (AvgIpc) is 3.09. The van der Waals surface area contributed by atoms with Crippen LogP contribution < -0.4 is 10.1 Å². The Morgan fingerprint density at radius 1 is 1.29 bits per heavy atom. The molecule has 7 nitrogen and oxygen atoms in total. The summed E-state index contributed by atoms with van der Waals surface area (Å²) in [5.41, 5.74) is 0. The van der Waals surface area contributed by atoms with Gasteiger partial charge in [-0.2, -0.15) is 4.98 Å². The van der Waals surface area contributed by atoms with Crippen LogP contribution >= 0.6 is 0 Å². The fraction of sp³-hybridized carbons (Fsp3) is 0.706. The van der Waals surface area contributed by atoms with Crippen molar-refractivity contribution in [2.75, 3.05) is 31.6 Å². The Hall–Kier alpha value is -1.89. The number of anilines is 1. The maximum absolute atomic E-state index is 12.6. The van der Waals surface area contributed by atoms with E-state index in [9.17, 15) is 4.79 Å². The van der Waals surface area contributed by atoms with Gasteiger partial charge >= 0.3 is 0 Å². The van der Waals surface area contributed by atoms with E-state index in [4.69, 9.17) is 9.84 Å². The summed E-state index contributed by atoms with van der Waals surface area (Å²) in [6, 6.07) is 0.194. The lowest BCUT2D eigenvalue weighted by molar-refractivity contribution is -0.135. The first-order valence-corrected chi connectivity index (χ1v) is 8.87. The number of likely N-dealkylation sites (tertiary alicyclic amines) is 1. The molecular weight excluding hydrogens is 308 g/mol. The second-order valence-electron chi connectivity index (χ2n) is 6.56. The lowest BCUT2D eigenvalue weighted by atomic mass is 9.88. The minimum Gasteiger partial charge on any atom is -0.474 e. The number of carbonyl (C=O) groups is 1. The molecule has 1 aromatic heterocycles. The molecule has 2 heterocycles. The van der Waals surface area contributed by atoms with Crippen LogP contribution in [0.2, 0.25) is 0 Å². The first-order chi connectivity index (χ1) is 11.8. The maximum atomic E-state index is 12.6. The zero-order valence-corrected chi connectivity index (χ0v) is 14.0. The van der Waals surface area contributed by atoms with Gasteiger partial charge in [-0.3, -0.25) is 9.78 Å². The third kappa shape index (κ3) is 4.35. The minimum atomic E-state index is -0.0554. The molecule has 2 N–H and O–H groups in total. The number of carbonyl (C=O) groups excluding carboxylic acids is 1. The first-order valence-electron chi connectivity index (χ1n) is 8.87. The molecule has 1 amide bonds. The van der Waals surface area contributed by atoms with Crippen molar-refractivity contribution in [3.8, 4) is 5.88 Å². The van der Waals surface area contributed by atoms with Gasteiger partial charge in [-0.1, -0.05) is 19.3 Å². The lowest BCUT2D eigenvalue weighted by Crippen LogP contribution is -2.36. The van der Waals surface area contributed by atoms with Gasteiger partial charge in [0.05, 0.1) is 19.0 Å². The number of aliphatic hydroxyl groups is 1. The van der Waals surface area contributed by atoms with Gasteiger partial charge in [-0.15, -0.1) is 0 Å². The minimum absolute atomic E-state index is 0.0554. The molecule has 7 heteroatoms. The average molecular weight is 334 g/mol. The molecule has 2 aliphatic rings. The Labute approximate surface area is 142 Å². The highest BCUT2D eigenvalue weighted by Gasteiger charge is 2.31. The molecule has 0 aromatic carbocycles. The summed E-state index contributed by atoms with van der Waals surface area (Å²) >= 11 is 0. The number of aliphatic hydroxyl groups excluding tert-OH is 1. The smallest absolute Gasteiger partial charge is 0.234 e. The van der Waals surface area contributed by atoms with Gasteiger partial charge in [0.1, 0.15) is 12.4 Å². The zero-order valence-electron chi connectivity index (χ0n) is 14.0. The van der Waals surface area contributed by atoms with Crippen LogP contribution in [0, 0.1) is 5.92 Å². The van der Waals surface area contributed by atoms with E-state index in [1.165, 1.54) is 25.5 Å². The Bertz CT molecular complexity index is 548. The molecule has 0 radical (unpaired) electrons. The maximum Gasteiger partial charge on any atom is 0.234 e. The van der Waals surface area contributed by atoms with Crippen LogP contribution in [0.25, 0.3) is 0 Å². The highest BCUT2D eigenvalue weighted by molar-refractivity contribution is 5.79. The van der Waals surface area contributed by atoms with Crippen molar-refractivity contribution in [3.05, 3.63) is 12.4 Å². The fourth-order valence-electron chi connectivity index (χ4n) is 3.53. The molecule has 132 valence electrons. The number of hydrogen-bond acceptors (Lipinski definition) is 6. The molecular formula is C17H26N4O3. The molecule has 1 atom stereocenters. The normalized spacial score (nSPS) is 21.7. The van der Waals surface area contributed by atoms with Gasteiger partial charge in [-0.25, -0.2) is 0 Å². The summed E-state index contributed by atoms with van der Waals surface area (Å²) in [4.78, 5) is 23.0. The fourth-order valence-corrected chi connectivity index (χ4v) is 3.53. The van der Waals surface area contributed by atoms with Crippen LogP contribution in [-0.2, 0) is 4.79 Å². The van der Waals surface area contributed by atoms with Gasteiger partial charge in [0.2, 0.25) is 11.8 Å². The van der Waals surface area contributed by atoms with Crippen molar-refractivity contribution in [1.29, 1.82) is 0 Å². The van der Waals surface area contributed by atoms with Gasteiger partial charge in [0.25, 0.3) is 0 Å². The van der Waals surface area contributed by atoms with Crippen LogP contribution in [0.1, 0.15) is 38.5 Å². The molecule has 0 bridgehead atoms. The number of rotatable bonds is 6. The van der Waals surface area contributed by atoms with E-state index in [-0.39, 0.29) is 25.2 Å². The van der Waals surface area contributed by atoms with Crippen molar-refractivity contribution in [2.24, 2.45) is 5.92 Å². The number of amides is 1. The van der Waals surface area contributed by atoms with E-state index < -0.39 is 0 Å². The summed E-state index contributed by atoms with van der Waals surface area (Å²) in [5.74, 6) is 1.59. The van der Waals surface area contributed by atoms with Crippen LogP contribution in [0.4, 0.5) is 5.82 Å².